The Morgan fingerprint density at radius 2 is 1.89 bits per heavy atom. The van der Waals surface area contributed by atoms with E-state index in [1.807, 2.05) is 6.08 Å². The lowest BCUT2D eigenvalue weighted by atomic mass is 10.1. The van der Waals surface area contributed by atoms with Gasteiger partial charge in [0.05, 0.1) is 0 Å². The van der Waals surface area contributed by atoms with Crippen molar-refractivity contribution < 1.29 is 0 Å². The lowest BCUT2D eigenvalue weighted by Crippen LogP contribution is -2.30. The van der Waals surface area contributed by atoms with Crippen LogP contribution in [0.2, 0.25) is 0 Å². The summed E-state index contributed by atoms with van der Waals surface area (Å²) in [6.45, 7) is 11.3. The number of hydrogen-bond donors (Lipinski definition) is 1. The van der Waals surface area contributed by atoms with Crippen molar-refractivity contribution in [2.75, 3.05) is 6.54 Å². The Balaban J connectivity index is 1.87. The van der Waals surface area contributed by atoms with E-state index < -0.39 is 0 Å². The van der Waals surface area contributed by atoms with Crippen molar-refractivity contribution in [2.24, 2.45) is 0 Å². The molecule has 1 fully saturated rings. The SMILES string of the molecule is C=CCN(Cc1ccc(CNC2CC2)cc1)C(C)C. The predicted molar refractivity (Wildman–Crippen MR) is 82.0 cm³/mol. The van der Waals surface area contributed by atoms with Gasteiger partial charge in [0, 0.05) is 31.7 Å². The van der Waals surface area contributed by atoms with E-state index in [-0.39, 0.29) is 0 Å². The summed E-state index contributed by atoms with van der Waals surface area (Å²) in [5, 5.41) is 3.55. The molecule has 0 unspecified atom stereocenters. The van der Waals surface area contributed by atoms with Crippen molar-refractivity contribution >= 4 is 0 Å². The van der Waals surface area contributed by atoms with Crippen LogP contribution in [-0.2, 0) is 13.1 Å². The van der Waals surface area contributed by atoms with E-state index in [0.29, 0.717) is 6.04 Å². The van der Waals surface area contributed by atoms with Gasteiger partial charge in [-0.05, 0) is 37.8 Å². The van der Waals surface area contributed by atoms with Crippen LogP contribution >= 0.6 is 0 Å². The van der Waals surface area contributed by atoms with Gasteiger partial charge >= 0.3 is 0 Å². The average molecular weight is 258 g/mol. The van der Waals surface area contributed by atoms with E-state index in [4.69, 9.17) is 0 Å². The number of benzene rings is 1. The quantitative estimate of drug-likeness (QED) is 0.720. The van der Waals surface area contributed by atoms with Crippen molar-refractivity contribution in [3.05, 3.63) is 48.0 Å². The smallest absolute Gasteiger partial charge is 0.0239 e. The Bertz CT molecular complexity index is 390. The van der Waals surface area contributed by atoms with Crippen LogP contribution in [0.25, 0.3) is 0 Å². The molecular weight excluding hydrogens is 232 g/mol. The maximum absolute atomic E-state index is 3.84. The standard InChI is InChI=1S/C17H26N2/c1-4-11-19(14(2)3)13-16-7-5-15(6-8-16)12-18-17-9-10-17/h4-8,14,17-18H,1,9-13H2,2-3H3. The van der Waals surface area contributed by atoms with Crippen molar-refractivity contribution in [3.8, 4) is 0 Å². The highest BCUT2D eigenvalue weighted by atomic mass is 15.1. The summed E-state index contributed by atoms with van der Waals surface area (Å²) < 4.78 is 0. The second-order valence-electron chi connectivity index (χ2n) is 5.78. The van der Waals surface area contributed by atoms with Crippen LogP contribution < -0.4 is 5.32 Å². The Hall–Kier alpha value is -1.12. The molecule has 0 aromatic heterocycles. The van der Waals surface area contributed by atoms with Crippen molar-refractivity contribution in [2.45, 2.75) is 51.9 Å². The van der Waals surface area contributed by atoms with Gasteiger partial charge in [0.15, 0.2) is 0 Å². The van der Waals surface area contributed by atoms with Crippen LogP contribution in [0.3, 0.4) is 0 Å². The maximum atomic E-state index is 3.84. The van der Waals surface area contributed by atoms with Crippen LogP contribution in [0.1, 0.15) is 37.8 Å². The zero-order valence-electron chi connectivity index (χ0n) is 12.2. The van der Waals surface area contributed by atoms with Gasteiger partial charge in [-0.3, -0.25) is 4.90 Å². The third-order valence-corrected chi connectivity index (χ3v) is 3.67. The van der Waals surface area contributed by atoms with Gasteiger partial charge in [-0.2, -0.15) is 0 Å². The summed E-state index contributed by atoms with van der Waals surface area (Å²) in [5.74, 6) is 0. The normalized spacial score (nSPS) is 15.2. The highest BCUT2D eigenvalue weighted by molar-refractivity contribution is 5.22. The lowest BCUT2D eigenvalue weighted by Gasteiger charge is -2.25. The summed E-state index contributed by atoms with van der Waals surface area (Å²) in [5.41, 5.74) is 2.76. The molecule has 1 aliphatic carbocycles. The maximum Gasteiger partial charge on any atom is 0.0239 e. The number of nitrogens with one attached hydrogen (secondary N) is 1. The molecule has 1 N–H and O–H groups in total. The molecule has 0 bridgehead atoms. The molecular formula is C17H26N2. The number of nitrogens with zero attached hydrogens (tertiary/aromatic N) is 1. The average Bonchev–Trinajstić information content (AvgIpc) is 3.21. The molecule has 19 heavy (non-hydrogen) atoms. The third kappa shape index (κ3) is 4.81. The molecule has 104 valence electrons. The number of rotatable bonds is 8. The molecule has 2 heteroatoms. The van der Waals surface area contributed by atoms with E-state index in [2.05, 4.69) is 54.9 Å². The monoisotopic (exact) mass is 258 g/mol. The molecule has 0 spiro atoms. The van der Waals surface area contributed by atoms with E-state index in [1.165, 1.54) is 24.0 Å². The fourth-order valence-corrected chi connectivity index (χ4v) is 2.17. The highest BCUT2D eigenvalue weighted by Crippen LogP contribution is 2.19. The third-order valence-electron chi connectivity index (χ3n) is 3.67. The summed E-state index contributed by atoms with van der Waals surface area (Å²) in [7, 11) is 0. The molecule has 0 atom stereocenters. The van der Waals surface area contributed by atoms with E-state index in [9.17, 15) is 0 Å². The molecule has 0 saturated heterocycles. The van der Waals surface area contributed by atoms with Gasteiger partial charge in [-0.15, -0.1) is 6.58 Å². The molecule has 2 rings (SSSR count). The van der Waals surface area contributed by atoms with Crippen molar-refractivity contribution in [1.82, 2.24) is 10.2 Å². The van der Waals surface area contributed by atoms with E-state index >= 15 is 0 Å². The first-order valence-electron chi connectivity index (χ1n) is 7.35. The highest BCUT2D eigenvalue weighted by Gasteiger charge is 2.19. The zero-order valence-corrected chi connectivity index (χ0v) is 12.2. The second-order valence-corrected chi connectivity index (χ2v) is 5.78. The van der Waals surface area contributed by atoms with Gasteiger partial charge in [-0.1, -0.05) is 30.3 Å². The Morgan fingerprint density at radius 1 is 1.26 bits per heavy atom. The zero-order chi connectivity index (χ0) is 13.7. The lowest BCUT2D eigenvalue weighted by molar-refractivity contribution is 0.237. The van der Waals surface area contributed by atoms with Crippen LogP contribution in [0, 0.1) is 0 Å². The van der Waals surface area contributed by atoms with Crippen LogP contribution in [0.4, 0.5) is 0 Å². The largest absolute Gasteiger partial charge is 0.310 e. The molecule has 1 aromatic carbocycles. The van der Waals surface area contributed by atoms with Crippen molar-refractivity contribution in [3.63, 3.8) is 0 Å². The Kier molecular flexibility index (Phi) is 5.17. The molecule has 0 aliphatic heterocycles. The Labute approximate surface area is 117 Å². The fourth-order valence-electron chi connectivity index (χ4n) is 2.17. The molecule has 1 saturated carbocycles. The van der Waals surface area contributed by atoms with Crippen LogP contribution in [0.5, 0.6) is 0 Å². The molecule has 0 amide bonds. The summed E-state index contributed by atoms with van der Waals surface area (Å²) in [6, 6.07) is 10.3. The molecule has 2 nitrogen and oxygen atoms in total. The summed E-state index contributed by atoms with van der Waals surface area (Å²) in [4.78, 5) is 2.42. The minimum atomic E-state index is 0.550. The summed E-state index contributed by atoms with van der Waals surface area (Å²) in [6.07, 6.45) is 4.68. The van der Waals surface area contributed by atoms with Crippen LogP contribution in [-0.4, -0.2) is 23.5 Å². The molecule has 0 heterocycles. The van der Waals surface area contributed by atoms with Gasteiger partial charge in [0.25, 0.3) is 0 Å². The molecule has 1 aliphatic rings. The fraction of sp³-hybridized carbons (Fsp3) is 0.529. The first kappa shape index (κ1) is 14.3. The van der Waals surface area contributed by atoms with Crippen molar-refractivity contribution in [1.29, 1.82) is 0 Å². The topological polar surface area (TPSA) is 15.3 Å². The van der Waals surface area contributed by atoms with Gasteiger partial charge in [-0.25, -0.2) is 0 Å². The van der Waals surface area contributed by atoms with Gasteiger partial charge in [0.2, 0.25) is 0 Å². The van der Waals surface area contributed by atoms with E-state index in [1.54, 1.807) is 0 Å². The molecule has 0 radical (unpaired) electrons. The van der Waals surface area contributed by atoms with Crippen LogP contribution in [0.15, 0.2) is 36.9 Å². The minimum Gasteiger partial charge on any atom is -0.310 e. The minimum absolute atomic E-state index is 0.550. The van der Waals surface area contributed by atoms with E-state index in [0.717, 1.165) is 25.7 Å². The van der Waals surface area contributed by atoms with Gasteiger partial charge in [0.1, 0.15) is 0 Å². The summed E-state index contributed by atoms with van der Waals surface area (Å²) >= 11 is 0. The van der Waals surface area contributed by atoms with Gasteiger partial charge < -0.3 is 5.32 Å². The Morgan fingerprint density at radius 3 is 2.42 bits per heavy atom. The predicted octanol–water partition coefficient (Wildman–Crippen LogP) is 3.34. The first-order valence-corrected chi connectivity index (χ1v) is 7.35. The second kappa shape index (κ2) is 6.88. The molecule has 1 aromatic rings. The first-order chi connectivity index (χ1) is 9.19. The number of hydrogen-bond acceptors (Lipinski definition) is 2.